The maximum Gasteiger partial charge on any atom is 0.243 e. The normalized spacial score (nSPS) is 11.2. The second kappa shape index (κ2) is 10.1. The summed E-state index contributed by atoms with van der Waals surface area (Å²) in [6.45, 7) is 9.67. The van der Waals surface area contributed by atoms with Crippen LogP contribution < -0.4 is 5.32 Å². The topological polar surface area (TPSA) is 66.5 Å². The zero-order chi connectivity index (χ0) is 18.0. The summed E-state index contributed by atoms with van der Waals surface area (Å²) < 4.78 is 26.4. The van der Waals surface area contributed by atoms with Gasteiger partial charge in [-0.1, -0.05) is 31.9 Å². The van der Waals surface area contributed by atoms with Gasteiger partial charge in [-0.2, -0.15) is 4.31 Å². The summed E-state index contributed by atoms with van der Waals surface area (Å²) in [5, 5.41) is 2.78. The van der Waals surface area contributed by atoms with Gasteiger partial charge in [0.25, 0.3) is 0 Å². The second-order valence-electron chi connectivity index (χ2n) is 5.43. The van der Waals surface area contributed by atoms with Crippen molar-refractivity contribution in [2.24, 2.45) is 0 Å². The highest BCUT2D eigenvalue weighted by molar-refractivity contribution is 7.89. The highest BCUT2D eigenvalue weighted by atomic mass is 32.2. The van der Waals surface area contributed by atoms with Gasteiger partial charge in [0.05, 0.1) is 4.90 Å². The van der Waals surface area contributed by atoms with E-state index in [4.69, 9.17) is 0 Å². The molecule has 0 bridgehead atoms. The van der Waals surface area contributed by atoms with Gasteiger partial charge in [0.15, 0.2) is 0 Å². The first-order valence-electron chi connectivity index (χ1n) is 8.07. The summed E-state index contributed by atoms with van der Waals surface area (Å²) in [5.74, 6) is -0.0565. The fraction of sp³-hybridized carbons (Fsp3) is 0.389. The molecule has 5 nitrogen and oxygen atoms in total. The van der Waals surface area contributed by atoms with Crippen LogP contribution in [0.15, 0.2) is 54.5 Å². The molecule has 0 heterocycles. The number of unbranched alkanes of at least 4 members (excludes halogenated alkanes) is 2. The molecule has 0 unspecified atom stereocenters. The summed E-state index contributed by atoms with van der Waals surface area (Å²) in [6, 6.07) is 6.20. The molecular formula is C18H26N2O3S. The van der Waals surface area contributed by atoms with E-state index in [0.717, 1.165) is 19.3 Å². The van der Waals surface area contributed by atoms with Crippen LogP contribution in [-0.2, 0) is 14.8 Å². The minimum absolute atomic E-state index is 0.0565. The van der Waals surface area contributed by atoms with Crippen molar-refractivity contribution < 1.29 is 13.2 Å². The summed E-state index contributed by atoms with van der Waals surface area (Å²) >= 11 is 0. The van der Waals surface area contributed by atoms with E-state index < -0.39 is 10.0 Å². The number of rotatable bonds is 11. The lowest BCUT2D eigenvalue weighted by Gasteiger charge is -2.19. The summed E-state index contributed by atoms with van der Waals surface area (Å²) in [7, 11) is -3.61. The fourth-order valence-electron chi connectivity index (χ4n) is 2.18. The van der Waals surface area contributed by atoms with Gasteiger partial charge >= 0.3 is 0 Å². The molecule has 1 rings (SSSR count). The van der Waals surface area contributed by atoms with Crippen LogP contribution in [0, 0.1) is 0 Å². The smallest absolute Gasteiger partial charge is 0.243 e. The van der Waals surface area contributed by atoms with Crippen LogP contribution in [0.3, 0.4) is 0 Å². The number of sulfonamides is 1. The Hall–Kier alpha value is -1.92. The van der Waals surface area contributed by atoms with Gasteiger partial charge in [-0.15, -0.1) is 13.2 Å². The van der Waals surface area contributed by atoms with Crippen molar-refractivity contribution in [3.8, 4) is 0 Å². The maximum atomic E-state index is 12.6. The monoisotopic (exact) mass is 350 g/mol. The molecule has 132 valence electrons. The number of carbonyl (C=O) groups excluding carboxylic acids is 1. The number of nitrogens with zero attached hydrogens (tertiary/aromatic N) is 1. The minimum atomic E-state index is -3.61. The first-order chi connectivity index (χ1) is 11.5. The zero-order valence-electron chi connectivity index (χ0n) is 14.2. The van der Waals surface area contributed by atoms with Crippen molar-refractivity contribution in [2.75, 3.05) is 18.4 Å². The average Bonchev–Trinajstić information content (AvgIpc) is 2.55. The first-order valence-corrected chi connectivity index (χ1v) is 9.51. The van der Waals surface area contributed by atoms with Crippen LogP contribution in [0.25, 0.3) is 0 Å². The quantitative estimate of drug-likeness (QED) is 0.490. The molecule has 0 radical (unpaired) electrons. The Kier molecular flexibility index (Phi) is 8.43. The lowest BCUT2D eigenvalue weighted by molar-refractivity contribution is -0.116. The number of hydrogen-bond acceptors (Lipinski definition) is 3. The molecule has 0 saturated carbocycles. The van der Waals surface area contributed by atoms with E-state index in [-0.39, 0.29) is 23.9 Å². The second-order valence-corrected chi connectivity index (χ2v) is 7.37. The zero-order valence-corrected chi connectivity index (χ0v) is 15.0. The molecule has 0 aliphatic rings. The Balaban J connectivity index is 2.80. The Morgan fingerprint density at radius 1 is 1.12 bits per heavy atom. The summed E-state index contributed by atoms with van der Waals surface area (Å²) in [4.78, 5) is 12.0. The van der Waals surface area contributed by atoms with E-state index in [1.165, 1.54) is 28.6 Å². The van der Waals surface area contributed by atoms with E-state index in [0.29, 0.717) is 12.1 Å². The van der Waals surface area contributed by atoms with Crippen LogP contribution in [0.5, 0.6) is 0 Å². The number of anilines is 1. The molecule has 1 N–H and O–H groups in total. The van der Waals surface area contributed by atoms with Gasteiger partial charge < -0.3 is 5.32 Å². The molecule has 0 aromatic heterocycles. The largest absolute Gasteiger partial charge is 0.326 e. The first kappa shape index (κ1) is 20.1. The van der Waals surface area contributed by atoms with E-state index in [1.54, 1.807) is 12.1 Å². The van der Waals surface area contributed by atoms with Gasteiger partial charge in [0.2, 0.25) is 15.9 Å². The molecule has 0 fully saturated rings. The molecule has 0 spiro atoms. The van der Waals surface area contributed by atoms with Gasteiger partial charge in [-0.3, -0.25) is 4.79 Å². The van der Waals surface area contributed by atoms with Crippen LogP contribution in [0.1, 0.15) is 32.6 Å². The summed E-state index contributed by atoms with van der Waals surface area (Å²) in [5.41, 5.74) is 0.592. The van der Waals surface area contributed by atoms with Crippen LogP contribution >= 0.6 is 0 Å². The predicted molar refractivity (Wildman–Crippen MR) is 98.4 cm³/mol. The van der Waals surface area contributed by atoms with Crippen molar-refractivity contribution >= 4 is 21.6 Å². The van der Waals surface area contributed by atoms with Crippen molar-refractivity contribution in [3.05, 3.63) is 49.6 Å². The molecule has 0 atom stereocenters. The lowest BCUT2D eigenvalue weighted by atomic mass is 10.2. The van der Waals surface area contributed by atoms with Gasteiger partial charge in [-0.05, 0) is 30.7 Å². The standard InChI is InChI=1S/C18H26N2O3S/c1-4-7-8-9-18(21)19-16-10-12-17(13-11-16)24(22,23)20(14-5-2)15-6-3/h5-6,10-13H,2-4,7-9,14-15H2,1H3,(H,19,21). The molecule has 1 aromatic carbocycles. The Labute approximate surface area is 145 Å². The maximum absolute atomic E-state index is 12.6. The van der Waals surface area contributed by atoms with Gasteiger partial charge in [0.1, 0.15) is 0 Å². The third-order valence-electron chi connectivity index (χ3n) is 3.45. The van der Waals surface area contributed by atoms with E-state index >= 15 is 0 Å². The molecule has 0 aliphatic carbocycles. The van der Waals surface area contributed by atoms with Crippen LogP contribution in [0.2, 0.25) is 0 Å². The number of nitrogens with one attached hydrogen (secondary N) is 1. The summed E-state index contributed by atoms with van der Waals surface area (Å²) in [6.07, 6.45) is 6.48. The molecule has 1 amide bonds. The van der Waals surface area contributed by atoms with Gasteiger partial charge in [-0.25, -0.2) is 8.42 Å². The average molecular weight is 350 g/mol. The van der Waals surface area contributed by atoms with Crippen LogP contribution in [-0.4, -0.2) is 31.7 Å². The minimum Gasteiger partial charge on any atom is -0.326 e. The fourth-order valence-corrected chi connectivity index (χ4v) is 3.56. The van der Waals surface area contributed by atoms with Gasteiger partial charge in [0, 0.05) is 25.2 Å². The Morgan fingerprint density at radius 2 is 1.71 bits per heavy atom. The molecular weight excluding hydrogens is 324 g/mol. The third-order valence-corrected chi connectivity index (χ3v) is 5.29. The molecule has 0 aliphatic heterocycles. The molecule has 6 heteroatoms. The van der Waals surface area contributed by atoms with E-state index in [1.807, 2.05) is 0 Å². The highest BCUT2D eigenvalue weighted by Crippen LogP contribution is 2.19. The molecule has 24 heavy (non-hydrogen) atoms. The number of hydrogen-bond donors (Lipinski definition) is 1. The van der Waals surface area contributed by atoms with Crippen molar-refractivity contribution in [1.29, 1.82) is 0 Å². The van der Waals surface area contributed by atoms with Crippen molar-refractivity contribution in [1.82, 2.24) is 4.31 Å². The Morgan fingerprint density at radius 3 is 2.21 bits per heavy atom. The number of carbonyl (C=O) groups is 1. The predicted octanol–water partition coefficient (Wildman–Crippen LogP) is 3.57. The van der Waals surface area contributed by atoms with E-state index in [9.17, 15) is 13.2 Å². The number of benzene rings is 1. The van der Waals surface area contributed by atoms with Crippen molar-refractivity contribution in [3.63, 3.8) is 0 Å². The van der Waals surface area contributed by atoms with E-state index in [2.05, 4.69) is 25.4 Å². The lowest BCUT2D eigenvalue weighted by Crippen LogP contribution is -2.31. The van der Waals surface area contributed by atoms with Crippen LogP contribution in [0.4, 0.5) is 5.69 Å². The SMILES string of the molecule is C=CCN(CC=C)S(=O)(=O)c1ccc(NC(=O)CCCCC)cc1. The Bertz CT molecular complexity index is 641. The third kappa shape index (κ3) is 5.94. The molecule has 0 saturated heterocycles. The number of amides is 1. The molecule has 1 aromatic rings. The van der Waals surface area contributed by atoms with Crippen molar-refractivity contribution in [2.45, 2.75) is 37.5 Å². The highest BCUT2D eigenvalue weighted by Gasteiger charge is 2.22.